The third kappa shape index (κ3) is 2.39. The molecule has 2 heteroatoms. The molecular weight excluding hydrogens is 162 g/mol. The van der Waals surface area contributed by atoms with E-state index in [0.717, 1.165) is 0 Å². The Morgan fingerprint density at radius 3 is 2.77 bits per heavy atom. The lowest BCUT2D eigenvalue weighted by Crippen LogP contribution is -2.33. The second-order valence-electron chi connectivity index (χ2n) is 2.84. The van der Waals surface area contributed by atoms with Gasteiger partial charge in [0.1, 0.15) is 0 Å². The lowest BCUT2D eigenvalue weighted by Gasteiger charge is -2.11. The molecule has 0 aromatic heterocycles. The van der Waals surface area contributed by atoms with Crippen molar-refractivity contribution in [3.63, 3.8) is 0 Å². The van der Waals surface area contributed by atoms with Gasteiger partial charge in [0.05, 0.1) is 6.04 Å². The summed E-state index contributed by atoms with van der Waals surface area (Å²) in [7, 11) is 0. The second-order valence-corrected chi connectivity index (χ2v) is 2.84. The number of likely N-dealkylation sites (N-methyl/N-ethyl adjacent to an activating group) is 1. The summed E-state index contributed by atoms with van der Waals surface area (Å²) in [5.41, 5.74) is 0.533. The van der Waals surface area contributed by atoms with Crippen LogP contribution in [0.15, 0.2) is 30.3 Å². The van der Waals surface area contributed by atoms with Crippen molar-refractivity contribution in [1.82, 2.24) is 5.32 Å². The molecule has 1 rings (SSSR count). The SMILES string of the molecule is [2H]C([2H])([2H])NC(CC)C(=O)c1ccccc1. The Morgan fingerprint density at radius 1 is 1.54 bits per heavy atom. The fourth-order valence-electron chi connectivity index (χ4n) is 1.16. The zero-order valence-electron chi connectivity index (χ0n) is 10.6. The average Bonchev–Trinajstić information content (AvgIpc) is 2.25. The maximum Gasteiger partial charge on any atom is 0.179 e. The van der Waals surface area contributed by atoms with Crippen LogP contribution >= 0.6 is 0 Å². The molecule has 0 fully saturated rings. The monoisotopic (exact) mass is 180 g/mol. The van der Waals surface area contributed by atoms with Crippen LogP contribution in [0, 0.1) is 0 Å². The Labute approximate surface area is 83.2 Å². The average molecular weight is 180 g/mol. The van der Waals surface area contributed by atoms with E-state index in [2.05, 4.69) is 5.32 Å². The van der Waals surface area contributed by atoms with Crippen molar-refractivity contribution in [2.24, 2.45) is 0 Å². The van der Waals surface area contributed by atoms with E-state index in [0.29, 0.717) is 12.0 Å². The predicted molar refractivity (Wildman–Crippen MR) is 53.9 cm³/mol. The van der Waals surface area contributed by atoms with Crippen LogP contribution in [0.3, 0.4) is 0 Å². The Hall–Kier alpha value is -1.15. The number of carbonyl (C=O) groups is 1. The summed E-state index contributed by atoms with van der Waals surface area (Å²) in [5.74, 6) is -0.181. The molecule has 70 valence electrons. The van der Waals surface area contributed by atoms with Gasteiger partial charge in [-0.1, -0.05) is 37.3 Å². The Morgan fingerprint density at radius 2 is 2.23 bits per heavy atom. The molecule has 0 radical (unpaired) electrons. The van der Waals surface area contributed by atoms with Crippen molar-refractivity contribution in [3.8, 4) is 0 Å². The van der Waals surface area contributed by atoms with E-state index >= 15 is 0 Å². The smallest absolute Gasteiger partial charge is 0.179 e. The van der Waals surface area contributed by atoms with Gasteiger partial charge in [-0.15, -0.1) is 0 Å². The highest BCUT2D eigenvalue weighted by molar-refractivity contribution is 5.99. The van der Waals surface area contributed by atoms with Gasteiger partial charge in [0.15, 0.2) is 5.78 Å². The molecule has 0 amide bonds. The highest BCUT2D eigenvalue weighted by atomic mass is 16.1. The first-order valence-corrected chi connectivity index (χ1v) is 4.31. The van der Waals surface area contributed by atoms with E-state index in [1.54, 1.807) is 31.2 Å². The van der Waals surface area contributed by atoms with Gasteiger partial charge in [-0.25, -0.2) is 0 Å². The molecule has 0 aliphatic rings. The minimum Gasteiger partial charge on any atom is -0.310 e. The molecule has 0 spiro atoms. The van der Waals surface area contributed by atoms with Crippen LogP contribution in [-0.2, 0) is 0 Å². The van der Waals surface area contributed by atoms with Crippen molar-refractivity contribution in [1.29, 1.82) is 0 Å². The maximum absolute atomic E-state index is 11.9. The highest BCUT2D eigenvalue weighted by Gasteiger charge is 2.14. The van der Waals surface area contributed by atoms with Crippen molar-refractivity contribution in [2.45, 2.75) is 19.4 Å². The van der Waals surface area contributed by atoms with Crippen molar-refractivity contribution < 1.29 is 8.91 Å². The van der Waals surface area contributed by atoms with Crippen molar-refractivity contribution in [3.05, 3.63) is 35.9 Å². The summed E-state index contributed by atoms with van der Waals surface area (Å²) in [6, 6.07) is 8.05. The van der Waals surface area contributed by atoms with Crippen LogP contribution in [-0.4, -0.2) is 18.8 Å². The van der Waals surface area contributed by atoms with Crippen LogP contribution in [0.25, 0.3) is 0 Å². The highest BCUT2D eigenvalue weighted by Crippen LogP contribution is 2.05. The van der Waals surface area contributed by atoms with E-state index in [1.165, 1.54) is 0 Å². The fourth-order valence-corrected chi connectivity index (χ4v) is 1.16. The van der Waals surface area contributed by atoms with E-state index in [-0.39, 0.29) is 5.78 Å². The number of hydrogen-bond donors (Lipinski definition) is 1. The van der Waals surface area contributed by atoms with Crippen LogP contribution in [0.5, 0.6) is 0 Å². The Bertz CT molecular complexity index is 348. The molecule has 0 aliphatic carbocycles. The van der Waals surface area contributed by atoms with E-state index in [1.807, 2.05) is 6.07 Å². The van der Waals surface area contributed by atoms with Crippen molar-refractivity contribution in [2.75, 3.05) is 6.98 Å². The molecule has 1 atom stereocenters. The van der Waals surface area contributed by atoms with Crippen LogP contribution in [0.2, 0.25) is 0 Å². The topological polar surface area (TPSA) is 29.1 Å². The number of carbonyl (C=O) groups excluding carboxylic acids is 1. The Kier molecular flexibility index (Phi) is 2.32. The molecule has 13 heavy (non-hydrogen) atoms. The Balaban J connectivity index is 2.78. The van der Waals surface area contributed by atoms with Gasteiger partial charge in [-0.2, -0.15) is 0 Å². The number of rotatable bonds is 4. The summed E-state index contributed by atoms with van der Waals surface area (Å²) < 4.78 is 21.3. The quantitative estimate of drug-likeness (QED) is 0.717. The molecule has 2 nitrogen and oxygen atoms in total. The number of benzene rings is 1. The second kappa shape index (κ2) is 4.77. The molecule has 1 N–H and O–H groups in total. The molecule has 0 heterocycles. The molecular formula is C11H15NO. The first-order chi connectivity index (χ1) is 7.44. The zero-order chi connectivity index (χ0) is 12.2. The number of Topliss-reactive ketones (excluding diaryl/α,β-unsaturated/α-hetero) is 1. The summed E-state index contributed by atoms with van der Waals surface area (Å²) in [6.45, 7) is -0.505. The van der Waals surface area contributed by atoms with E-state index < -0.39 is 13.0 Å². The number of nitrogens with one attached hydrogen (secondary N) is 1. The lowest BCUT2D eigenvalue weighted by atomic mass is 10.0. The molecule has 1 aromatic rings. The van der Waals surface area contributed by atoms with Gasteiger partial charge < -0.3 is 5.32 Å². The number of hydrogen-bond acceptors (Lipinski definition) is 2. The normalized spacial score (nSPS) is 16.8. The maximum atomic E-state index is 11.9. The zero-order valence-corrected chi connectivity index (χ0v) is 7.58. The van der Waals surface area contributed by atoms with Gasteiger partial charge in [0.25, 0.3) is 0 Å². The lowest BCUT2D eigenvalue weighted by molar-refractivity contribution is 0.0945. The van der Waals surface area contributed by atoms with Gasteiger partial charge >= 0.3 is 0 Å². The third-order valence-corrected chi connectivity index (χ3v) is 1.96. The van der Waals surface area contributed by atoms with Crippen LogP contribution in [0.1, 0.15) is 27.8 Å². The van der Waals surface area contributed by atoms with Gasteiger partial charge in [-0.3, -0.25) is 4.79 Å². The minimum absolute atomic E-state index is 0.181. The summed E-state index contributed by atoms with van der Waals surface area (Å²) >= 11 is 0. The summed E-state index contributed by atoms with van der Waals surface area (Å²) in [4.78, 5) is 11.9. The predicted octanol–water partition coefficient (Wildman–Crippen LogP) is 1.87. The molecule has 1 aromatic carbocycles. The fraction of sp³-hybridized carbons (Fsp3) is 0.364. The van der Waals surface area contributed by atoms with Crippen LogP contribution < -0.4 is 5.32 Å². The van der Waals surface area contributed by atoms with Gasteiger partial charge in [0.2, 0.25) is 0 Å². The van der Waals surface area contributed by atoms with Gasteiger partial charge in [0, 0.05) is 9.68 Å². The molecule has 0 aliphatic heterocycles. The first-order valence-electron chi connectivity index (χ1n) is 5.81. The standard InChI is InChI=1S/C11H15NO/c1-3-10(12-2)11(13)9-7-5-4-6-8-9/h4-8,10,12H,3H2,1-2H3/i2D3. The summed E-state index contributed by atoms with van der Waals surface area (Å²) in [5, 5.41) is 2.35. The molecule has 0 saturated heterocycles. The van der Waals surface area contributed by atoms with Crippen molar-refractivity contribution >= 4 is 5.78 Å². The molecule has 0 saturated carbocycles. The first kappa shape index (κ1) is 6.33. The van der Waals surface area contributed by atoms with E-state index in [9.17, 15) is 4.79 Å². The molecule has 1 unspecified atom stereocenters. The minimum atomic E-state index is -2.29. The molecule has 0 bridgehead atoms. The third-order valence-electron chi connectivity index (χ3n) is 1.96. The number of ketones is 1. The summed E-state index contributed by atoms with van der Waals surface area (Å²) in [6.07, 6.45) is 0.451. The largest absolute Gasteiger partial charge is 0.310 e. The van der Waals surface area contributed by atoms with Gasteiger partial charge in [-0.05, 0) is 13.4 Å². The van der Waals surface area contributed by atoms with Crippen LogP contribution in [0.4, 0.5) is 0 Å². The van der Waals surface area contributed by atoms with E-state index in [4.69, 9.17) is 4.11 Å².